The third-order valence-corrected chi connectivity index (χ3v) is 3.73. The van der Waals surface area contributed by atoms with Crippen LogP contribution in [-0.2, 0) is 28.5 Å². The summed E-state index contributed by atoms with van der Waals surface area (Å²) in [7, 11) is 0. The molecular weight excluding hydrogens is 338 g/mol. The van der Waals surface area contributed by atoms with E-state index in [1.54, 1.807) is 13.8 Å². The second-order valence-corrected chi connectivity index (χ2v) is 5.44. The molecular formula is C19H19NO6. The van der Waals surface area contributed by atoms with E-state index in [-0.39, 0.29) is 31.0 Å². The molecule has 0 spiro atoms. The van der Waals surface area contributed by atoms with Crippen LogP contribution in [0.15, 0.2) is 34.6 Å². The van der Waals surface area contributed by atoms with Crippen LogP contribution in [0.3, 0.4) is 0 Å². The molecule has 1 N–H and O–H groups in total. The van der Waals surface area contributed by atoms with E-state index in [0.29, 0.717) is 23.8 Å². The number of carbonyl (C=O) groups excluding carboxylic acids is 2. The zero-order chi connectivity index (χ0) is 19.1. The first-order chi connectivity index (χ1) is 12.5. The molecule has 2 aliphatic rings. The average molecular weight is 357 g/mol. The van der Waals surface area contributed by atoms with Gasteiger partial charge in [-0.05, 0) is 13.8 Å². The van der Waals surface area contributed by atoms with Crippen molar-refractivity contribution in [1.82, 2.24) is 5.32 Å². The van der Waals surface area contributed by atoms with Gasteiger partial charge in [0.1, 0.15) is 25.2 Å². The van der Waals surface area contributed by atoms with Crippen molar-refractivity contribution in [3.8, 4) is 24.7 Å². The molecule has 0 aromatic carbocycles. The van der Waals surface area contributed by atoms with Crippen molar-refractivity contribution in [2.75, 3.05) is 26.4 Å². The van der Waals surface area contributed by atoms with E-state index in [0.717, 1.165) is 0 Å². The van der Waals surface area contributed by atoms with Gasteiger partial charge in [0.05, 0.1) is 17.1 Å². The van der Waals surface area contributed by atoms with E-state index >= 15 is 0 Å². The van der Waals surface area contributed by atoms with Gasteiger partial charge in [0.2, 0.25) is 0 Å². The van der Waals surface area contributed by atoms with Gasteiger partial charge in [0.15, 0.2) is 13.2 Å². The molecule has 136 valence electrons. The van der Waals surface area contributed by atoms with Gasteiger partial charge < -0.3 is 24.3 Å². The Hall–Kier alpha value is -3.32. The Balaban J connectivity index is 2.49. The van der Waals surface area contributed by atoms with Crippen LogP contribution >= 0.6 is 0 Å². The fourth-order valence-electron chi connectivity index (χ4n) is 2.72. The highest BCUT2D eigenvalue weighted by Gasteiger charge is 2.41. The highest BCUT2D eigenvalue weighted by atomic mass is 16.6. The number of esters is 2. The topological polar surface area (TPSA) is 83.1 Å². The Bertz CT molecular complexity index is 723. The van der Waals surface area contributed by atoms with Gasteiger partial charge in [-0.3, -0.25) is 0 Å². The van der Waals surface area contributed by atoms with Gasteiger partial charge >= 0.3 is 11.9 Å². The average Bonchev–Trinajstić information content (AvgIpc) is 2.64. The molecule has 26 heavy (non-hydrogen) atoms. The minimum Gasteiger partial charge on any atom is -0.494 e. The summed E-state index contributed by atoms with van der Waals surface area (Å²) in [6.07, 6.45) is 11.7. The van der Waals surface area contributed by atoms with Crippen LogP contribution in [0.4, 0.5) is 0 Å². The Labute approximate surface area is 152 Å². The molecule has 0 aromatic rings. The number of hydrogen-bond donors (Lipinski definition) is 1. The Morgan fingerprint density at radius 3 is 2.08 bits per heavy atom. The first-order valence-corrected chi connectivity index (χ1v) is 7.85. The molecule has 2 aliphatic heterocycles. The molecule has 0 saturated heterocycles. The van der Waals surface area contributed by atoms with E-state index in [9.17, 15) is 9.59 Å². The lowest BCUT2D eigenvalue weighted by molar-refractivity contribution is -0.139. The van der Waals surface area contributed by atoms with E-state index in [2.05, 4.69) is 17.2 Å². The van der Waals surface area contributed by atoms with Crippen molar-refractivity contribution in [2.45, 2.75) is 13.8 Å². The van der Waals surface area contributed by atoms with Gasteiger partial charge in [0, 0.05) is 11.4 Å². The van der Waals surface area contributed by atoms with Crippen LogP contribution < -0.4 is 5.32 Å². The maximum absolute atomic E-state index is 12.6. The highest BCUT2D eigenvalue weighted by Crippen LogP contribution is 2.37. The number of hydrogen-bond acceptors (Lipinski definition) is 7. The summed E-state index contributed by atoms with van der Waals surface area (Å²) in [4.78, 5) is 25.1. The summed E-state index contributed by atoms with van der Waals surface area (Å²) < 4.78 is 21.1. The Kier molecular flexibility index (Phi) is 6.35. The minimum absolute atomic E-state index is 0.190. The number of ether oxygens (including phenoxy) is 4. The number of allylic oxidation sites excluding steroid dienone is 3. The van der Waals surface area contributed by atoms with Gasteiger partial charge in [-0.1, -0.05) is 11.8 Å². The normalized spacial score (nSPS) is 17.0. The Morgan fingerprint density at radius 1 is 1.12 bits per heavy atom. The second-order valence-electron chi connectivity index (χ2n) is 5.44. The summed E-state index contributed by atoms with van der Waals surface area (Å²) >= 11 is 0. The molecule has 7 heteroatoms. The van der Waals surface area contributed by atoms with Crippen molar-refractivity contribution < 1.29 is 28.5 Å². The number of carbonyl (C=O) groups is 2. The minimum atomic E-state index is -0.855. The predicted octanol–water partition coefficient (Wildman–Crippen LogP) is 0.995. The van der Waals surface area contributed by atoms with E-state index < -0.39 is 17.9 Å². The van der Waals surface area contributed by atoms with Crippen molar-refractivity contribution >= 4 is 11.9 Å². The van der Waals surface area contributed by atoms with Crippen molar-refractivity contribution in [3.63, 3.8) is 0 Å². The zero-order valence-corrected chi connectivity index (χ0v) is 14.6. The third-order valence-electron chi connectivity index (χ3n) is 3.73. The summed E-state index contributed by atoms with van der Waals surface area (Å²) in [5, 5.41) is 2.99. The Morgan fingerprint density at radius 2 is 1.65 bits per heavy atom. The molecule has 0 aromatic heterocycles. The fourth-order valence-corrected chi connectivity index (χ4v) is 2.72. The smallest absolute Gasteiger partial charge is 0.337 e. The van der Waals surface area contributed by atoms with Crippen LogP contribution in [-0.4, -0.2) is 38.4 Å². The number of rotatable bonds is 5. The first kappa shape index (κ1) is 19.0. The van der Waals surface area contributed by atoms with Gasteiger partial charge in [-0.15, -0.1) is 12.8 Å². The SMILES string of the molecule is C#CCOC(=O)C1=C(C)NC(C)=C(C(=O)OCC#C)C1C1=COCCO1. The van der Waals surface area contributed by atoms with Crippen LogP contribution in [0.5, 0.6) is 0 Å². The summed E-state index contributed by atoms with van der Waals surface area (Å²) in [5.41, 5.74) is 1.40. The number of dihydropyridines is 1. The quantitative estimate of drug-likeness (QED) is 0.580. The van der Waals surface area contributed by atoms with Crippen LogP contribution in [0.25, 0.3) is 0 Å². The summed E-state index contributed by atoms with van der Waals surface area (Å²) in [6.45, 7) is 3.64. The third kappa shape index (κ3) is 4.01. The largest absolute Gasteiger partial charge is 0.494 e. The number of nitrogens with one attached hydrogen (secondary N) is 1. The molecule has 2 rings (SSSR count). The van der Waals surface area contributed by atoms with Crippen LogP contribution in [0, 0.1) is 30.6 Å². The fraction of sp³-hybridized carbons (Fsp3) is 0.368. The van der Waals surface area contributed by atoms with E-state index in [1.807, 2.05) is 0 Å². The lowest BCUT2D eigenvalue weighted by Crippen LogP contribution is -2.36. The van der Waals surface area contributed by atoms with Crippen molar-refractivity contribution in [2.24, 2.45) is 5.92 Å². The van der Waals surface area contributed by atoms with Crippen LogP contribution in [0.2, 0.25) is 0 Å². The lowest BCUT2D eigenvalue weighted by atomic mass is 9.84. The van der Waals surface area contributed by atoms with Gasteiger partial charge in [-0.2, -0.15) is 0 Å². The lowest BCUT2D eigenvalue weighted by Gasteiger charge is -2.32. The molecule has 0 amide bonds. The van der Waals surface area contributed by atoms with E-state index in [4.69, 9.17) is 31.8 Å². The maximum atomic E-state index is 12.6. The molecule has 7 nitrogen and oxygen atoms in total. The molecule has 0 fully saturated rings. The highest BCUT2D eigenvalue weighted by molar-refractivity contribution is 5.98. The molecule has 0 saturated carbocycles. The summed E-state index contributed by atoms with van der Waals surface area (Å²) in [5.74, 6) is 2.59. The molecule has 0 atom stereocenters. The first-order valence-electron chi connectivity index (χ1n) is 7.85. The summed E-state index contributed by atoms with van der Waals surface area (Å²) in [6, 6.07) is 0. The van der Waals surface area contributed by atoms with Gasteiger partial charge in [0.25, 0.3) is 0 Å². The molecule has 0 aliphatic carbocycles. The van der Waals surface area contributed by atoms with Crippen molar-refractivity contribution in [1.29, 1.82) is 0 Å². The molecule has 0 radical (unpaired) electrons. The zero-order valence-electron chi connectivity index (χ0n) is 14.6. The second kappa shape index (κ2) is 8.68. The van der Waals surface area contributed by atoms with Crippen LogP contribution in [0.1, 0.15) is 13.8 Å². The predicted molar refractivity (Wildman–Crippen MR) is 91.6 cm³/mol. The molecule has 0 bridgehead atoms. The van der Waals surface area contributed by atoms with Gasteiger partial charge in [-0.25, -0.2) is 9.59 Å². The molecule has 2 heterocycles. The number of terminal acetylenes is 2. The van der Waals surface area contributed by atoms with Crippen molar-refractivity contribution in [3.05, 3.63) is 34.6 Å². The maximum Gasteiger partial charge on any atom is 0.337 e. The molecule has 0 unspecified atom stereocenters. The van der Waals surface area contributed by atoms with E-state index in [1.165, 1.54) is 6.26 Å². The standard InChI is InChI=1S/C19H19NO6/c1-5-7-25-18(21)15-12(3)20-13(4)16(19(22)26-8-6-2)17(15)14-11-23-9-10-24-14/h1-2,11,17,20H,7-10H2,3-4H3. The monoisotopic (exact) mass is 357 g/mol.